The Balaban J connectivity index is 1.80. The molecular formula is C30H41N5O9. The first-order chi connectivity index (χ1) is 20.3. The molecule has 0 saturated heterocycles. The van der Waals surface area contributed by atoms with Gasteiger partial charge in [0.2, 0.25) is 5.78 Å². The topological polar surface area (TPSA) is 215 Å². The number of aliphatic hydroxyl groups is 3. The van der Waals surface area contributed by atoms with Crippen LogP contribution in [0.15, 0.2) is 23.0 Å². The lowest BCUT2D eigenvalue weighted by molar-refractivity contribution is -0.153. The molecule has 240 valence electrons. The molecule has 1 fully saturated rings. The third kappa shape index (κ3) is 5.37. The molecular weight excluding hydrogens is 574 g/mol. The maximum atomic E-state index is 14.1. The van der Waals surface area contributed by atoms with E-state index in [1.165, 1.54) is 25.1 Å². The van der Waals surface area contributed by atoms with Gasteiger partial charge in [-0.2, -0.15) is 0 Å². The summed E-state index contributed by atoms with van der Waals surface area (Å²) < 4.78 is 5.22. The van der Waals surface area contributed by atoms with Crippen molar-refractivity contribution in [3.8, 4) is 5.75 Å². The van der Waals surface area contributed by atoms with Crippen LogP contribution in [0.3, 0.4) is 0 Å². The molecule has 3 aliphatic rings. The van der Waals surface area contributed by atoms with Gasteiger partial charge in [0.25, 0.3) is 5.91 Å². The highest BCUT2D eigenvalue weighted by Crippen LogP contribution is 2.54. The van der Waals surface area contributed by atoms with Gasteiger partial charge < -0.3 is 41.1 Å². The first-order valence-electron chi connectivity index (χ1n) is 14.2. The Kier molecular flexibility index (Phi) is 8.50. The lowest BCUT2D eigenvalue weighted by Gasteiger charge is -2.50. The van der Waals surface area contributed by atoms with Gasteiger partial charge in [-0.3, -0.25) is 24.6 Å². The summed E-state index contributed by atoms with van der Waals surface area (Å²) in [5.41, 5.74) is 2.02. The van der Waals surface area contributed by atoms with E-state index in [2.05, 4.69) is 10.6 Å². The number of ketones is 2. The summed E-state index contributed by atoms with van der Waals surface area (Å²) in [6, 6.07) is 0.341. The van der Waals surface area contributed by atoms with Gasteiger partial charge in [0.05, 0.1) is 17.3 Å². The van der Waals surface area contributed by atoms with Gasteiger partial charge in [-0.15, -0.1) is 0 Å². The molecule has 0 radical (unpaired) electrons. The number of primary amides is 1. The van der Waals surface area contributed by atoms with Crippen LogP contribution in [0.1, 0.15) is 38.3 Å². The quantitative estimate of drug-likeness (QED) is 0.130. The Labute approximate surface area is 255 Å². The van der Waals surface area contributed by atoms with Crippen molar-refractivity contribution in [1.82, 2.24) is 10.2 Å². The minimum Gasteiger partial charge on any atom is -0.508 e. The van der Waals surface area contributed by atoms with Crippen LogP contribution in [0.4, 0.5) is 16.2 Å². The number of hydrogen-bond acceptors (Lipinski definition) is 12. The van der Waals surface area contributed by atoms with Crippen LogP contribution in [0.2, 0.25) is 0 Å². The van der Waals surface area contributed by atoms with Crippen molar-refractivity contribution in [2.24, 2.45) is 17.6 Å². The highest BCUT2D eigenvalue weighted by Gasteiger charge is 2.64. The first kappa shape index (κ1) is 32.8. The highest BCUT2D eigenvalue weighted by molar-refractivity contribution is 6.24. The van der Waals surface area contributed by atoms with Gasteiger partial charge in [-0.1, -0.05) is 0 Å². The number of aliphatic hydroxyl groups excluding tert-OH is 2. The number of nitrogens with two attached hydrogens (primary N) is 1. The summed E-state index contributed by atoms with van der Waals surface area (Å²) in [5.74, 6) is -7.51. The smallest absolute Gasteiger partial charge is 0.411 e. The highest BCUT2D eigenvalue weighted by atomic mass is 16.5. The van der Waals surface area contributed by atoms with Gasteiger partial charge >= 0.3 is 6.09 Å². The molecule has 1 saturated carbocycles. The van der Waals surface area contributed by atoms with E-state index in [4.69, 9.17) is 10.5 Å². The second kappa shape index (κ2) is 11.4. The summed E-state index contributed by atoms with van der Waals surface area (Å²) in [4.78, 5) is 55.2. The minimum atomic E-state index is -2.74. The van der Waals surface area contributed by atoms with E-state index in [0.717, 1.165) is 0 Å². The molecule has 2 unspecified atom stereocenters. The van der Waals surface area contributed by atoms with Crippen LogP contribution >= 0.6 is 0 Å². The number of phenols is 1. The standard InChI is InChI=1S/C30H41N5O9/c1-29(2,3)32-8-9-44-28(42)33-16-12-17(34(4)5)14-10-13-11-15-21(35(6)7)24(38)20(27(31)41)26(40)30(15,43)25(39)18(13)23(37)19(14)22(16)36/h12-13,15,21,32,36-37,40,43H,8-11H2,1-7H3,(H2,31,41)(H,33,42)/t13?,15?,21-,30-/m0/s1. The van der Waals surface area contributed by atoms with E-state index in [0.29, 0.717) is 17.8 Å². The molecule has 8 N–H and O–H groups in total. The second-order valence-electron chi connectivity index (χ2n) is 12.9. The average molecular weight is 616 g/mol. The van der Waals surface area contributed by atoms with Crippen molar-refractivity contribution in [3.05, 3.63) is 34.1 Å². The van der Waals surface area contributed by atoms with Crippen LogP contribution in [-0.4, -0.2) is 107 Å². The van der Waals surface area contributed by atoms with E-state index in [1.807, 2.05) is 20.8 Å². The van der Waals surface area contributed by atoms with E-state index in [9.17, 15) is 39.6 Å². The van der Waals surface area contributed by atoms with Crippen LogP contribution in [0.25, 0.3) is 5.76 Å². The number of rotatable bonds is 7. The first-order valence-corrected chi connectivity index (χ1v) is 14.2. The van der Waals surface area contributed by atoms with Crippen LogP contribution in [-0.2, 0) is 25.5 Å². The van der Waals surface area contributed by atoms with Crippen molar-refractivity contribution in [2.45, 2.75) is 50.8 Å². The van der Waals surface area contributed by atoms with Crippen LogP contribution in [0, 0.1) is 11.8 Å². The monoisotopic (exact) mass is 615 g/mol. The lowest BCUT2D eigenvalue weighted by atomic mass is 9.57. The summed E-state index contributed by atoms with van der Waals surface area (Å²) in [6.07, 6.45) is -0.782. The zero-order chi connectivity index (χ0) is 33.0. The number of benzene rings is 1. The fraction of sp³-hybridized carbons (Fsp3) is 0.533. The van der Waals surface area contributed by atoms with E-state index < -0.39 is 69.9 Å². The Morgan fingerprint density at radius 2 is 1.77 bits per heavy atom. The minimum absolute atomic E-state index is 0.0334. The molecule has 0 aromatic heterocycles. The van der Waals surface area contributed by atoms with Crippen LogP contribution < -0.4 is 21.3 Å². The zero-order valence-electron chi connectivity index (χ0n) is 25.9. The molecule has 14 heteroatoms. The molecule has 0 spiro atoms. The fourth-order valence-corrected chi connectivity index (χ4v) is 6.50. The number of ether oxygens (including phenoxy) is 1. The van der Waals surface area contributed by atoms with E-state index in [-0.39, 0.29) is 41.8 Å². The maximum absolute atomic E-state index is 14.1. The molecule has 3 aliphatic carbocycles. The second-order valence-corrected chi connectivity index (χ2v) is 12.9. The summed E-state index contributed by atoms with van der Waals surface area (Å²) in [5, 5.41) is 51.3. The molecule has 0 heterocycles. The molecule has 4 atom stereocenters. The van der Waals surface area contributed by atoms with Gasteiger partial charge in [0.1, 0.15) is 23.7 Å². The van der Waals surface area contributed by atoms with Crippen molar-refractivity contribution < 1.29 is 44.3 Å². The lowest BCUT2D eigenvalue weighted by Crippen LogP contribution is -2.65. The van der Waals surface area contributed by atoms with E-state index >= 15 is 0 Å². The Morgan fingerprint density at radius 3 is 2.32 bits per heavy atom. The molecule has 0 bridgehead atoms. The fourth-order valence-electron chi connectivity index (χ4n) is 6.50. The third-order valence-corrected chi connectivity index (χ3v) is 8.41. The summed E-state index contributed by atoms with van der Waals surface area (Å²) in [7, 11) is 6.53. The van der Waals surface area contributed by atoms with Gasteiger partial charge in [-0.05, 0) is 65.3 Å². The molecule has 1 aromatic carbocycles. The number of amides is 2. The Hall–Kier alpha value is -4.14. The number of nitrogens with zero attached hydrogens (tertiary/aromatic N) is 2. The molecule has 4 rings (SSSR count). The Bertz CT molecular complexity index is 1490. The molecule has 2 amide bonds. The van der Waals surface area contributed by atoms with Crippen LogP contribution in [0.5, 0.6) is 5.75 Å². The Morgan fingerprint density at radius 1 is 1.14 bits per heavy atom. The number of fused-ring (bicyclic) bond motifs is 3. The van der Waals surface area contributed by atoms with Gasteiger partial charge in [-0.25, -0.2) is 4.79 Å². The molecule has 1 aromatic rings. The number of carbonyl (C=O) groups is 4. The third-order valence-electron chi connectivity index (χ3n) is 8.41. The number of likely N-dealkylation sites (N-methyl/N-ethyl adjacent to an activating group) is 1. The van der Waals surface area contributed by atoms with Crippen molar-refractivity contribution >= 4 is 40.7 Å². The predicted molar refractivity (Wildman–Crippen MR) is 161 cm³/mol. The predicted octanol–water partition coefficient (Wildman–Crippen LogP) is 0.967. The van der Waals surface area contributed by atoms with Crippen molar-refractivity contribution in [2.75, 3.05) is 51.6 Å². The number of phenolic OH excluding ortho intramolecular Hbond substituents is 1. The van der Waals surface area contributed by atoms with Crippen molar-refractivity contribution in [1.29, 1.82) is 0 Å². The molecule has 0 aliphatic heterocycles. The number of hydrogen-bond donors (Lipinski definition) is 7. The summed E-state index contributed by atoms with van der Waals surface area (Å²) in [6.45, 7) is 6.32. The maximum Gasteiger partial charge on any atom is 0.411 e. The van der Waals surface area contributed by atoms with Gasteiger partial charge in [0.15, 0.2) is 17.1 Å². The van der Waals surface area contributed by atoms with E-state index in [1.54, 1.807) is 19.0 Å². The number of Topliss-reactive ketones (excluding diaryl/α,β-unsaturated/α-hetero) is 2. The zero-order valence-corrected chi connectivity index (χ0v) is 25.9. The average Bonchev–Trinajstić information content (AvgIpc) is 2.89. The van der Waals surface area contributed by atoms with Crippen molar-refractivity contribution in [3.63, 3.8) is 0 Å². The SMILES string of the molecule is CN(C)c1cc(NC(=O)OCCNC(C)(C)C)c(O)c2c1CC1CC3[C@H](N(C)C)C(=O)C(C(N)=O)=C(O)[C@@]3(O)C(=O)C1=C2O. The molecule has 14 nitrogen and oxygen atoms in total. The summed E-state index contributed by atoms with van der Waals surface area (Å²) >= 11 is 0. The number of anilines is 2. The normalized spacial score (nSPS) is 25.0. The largest absolute Gasteiger partial charge is 0.508 e. The number of carbonyl (C=O) groups excluding carboxylic acids is 4. The number of aromatic hydroxyl groups is 1. The molecule has 44 heavy (non-hydrogen) atoms. The number of nitrogens with one attached hydrogen (secondary N) is 2. The van der Waals surface area contributed by atoms with Gasteiger partial charge in [0, 0.05) is 43.4 Å².